The van der Waals surface area contributed by atoms with Gasteiger partial charge in [0.05, 0.1) is 34.2 Å². The number of H-pyrrole nitrogens is 1. The number of carbonyl (C=O) groups excluding carboxylic acids is 1. The summed E-state index contributed by atoms with van der Waals surface area (Å²) in [5.74, 6) is 2.06. The Morgan fingerprint density at radius 3 is 2.81 bits per heavy atom. The first-order chi connectivity index (χ1) is 15.5. The zero-order chi connectivity index (χ0) is 22.2. The fourth-order valence-electron chi connectivity index (χ4n) is 4.08. The fourth-order valence-corrected chi connectivity index (χ4v) is 4.55. The van der Waals surface area contributed by atoms with E-state index in [0.717, 1.165) is 58.6 Å². The maximum Gasteiger partial charge on any atom is 0.252 e. The third-order valence-corrected chi connectivity index (χ3v) is 6.61. The van der Waals surface area contributed by atoms with Crippen molar-refractivity contribution in [2.24, 2.45) is 0 Å². The van der Waals surface area contributed by atoms with Crippen LogP contribution in [-0.4, -0.2) is 42.6 Å². The Balaban J connectivity index is 1.51. The molecule has 1 saturated carbocycles. The molecule has 166 valence electrons. The number of nitrogens with one attached hydrogen (secondary N) is 2. The molecule has 0 aliphatic heterocycles. The zero-order valence-electron chi connectivity index (χ0n) is 18.6. The Kier molecular flexibility index (Phi) is 5.63. The van der Waals surface area contributed by atoms with E-state index in [1.54, 1.807) is 18.0 Å². The minimum Gasteiger partial charge on any atom is -0.342 e. The number of nitrogens with zero attached hydrogens (tertiary/aromatic N) is 4. The lowest BCUT2D eigenvalue weighted by Gasteiger charge is -2.17. The summed E-state index contributed by atoms with van der Waals surface area (Å²) in [7, 11) is 0. The van der Waals surface area contributed by atoms with Crippen LogP contribution < -0.4 is 5.32 Å². The minimum atomic E-state index is -0.199. The van der Waals surface area contributed by atoms with E-state index in [1.807, 2.05) is 35.0 Å². The van der Waals surface area contributed by atoms with E-state index in [0.29, 0.717) is 11.5 Å². The van der Waals surface area contributed by atoms with Gasteiger partial charge < -0.3 is 10.3 Å². The van der Waals surface area contributed by atoms with Crippen molar-refractivity contribution in [1.29, 1.82) is 0 Å². The van der Waals surface area contributed by atoms with Crippen molar-refractivity contribution < 1.29 is 4.79 Å². The van der Waals surface area contributed by atoms with Crippen LogP contribution in [0.25, 0.3) is 22.1 Å². The van der Waals surface area contributed by atoms with Crippen molar-refractivity contribution in [3.63, 3.8) is 0 Å². The topological polar surface area (TPSA) is 88.5 Å². The van der Waals surface area contributed by atoms with Crippen molar-refractivity contribution in [1.82, 2.24) is 30.0 Å². The van der Waals surface area contributed by atoms with Gasteiger partial charge in [0.2, 0.25) is 0 Å². The third-order valence-electron chi connectivity index (χ3n) is 5.97. The average molecular weight is 449 g/mol. The summed E-state index contributed by atoms with van der Waals surface area (Å²) in [6.07, 6.45) is 6.90. The molecular formula is C24H28N6OS. The van der Waals surface area contributed by atoms with Crippen LogP contribution in [0.3, 0.4) is 0 Å². The number of hydrogen-bond donors (Lipinski definition) is 2. The van der Waals surface area contributed by atoms with Gasteiger partial charge in [0.15, 0.2) is 5.65 Å². The first-order valence-corrected chi connectivity index (χ1v) is 12.6. The van der Waals surface area contributed by atoms with Gasteiger partial charge in [0.25, 0.3) is 5.91 Å². The molecule has 1 aliphatic rings. The van der Waals surface area contributed by atoms with Crippen molar-refractivity contribution in [2.75, 3.05) is 12.0 Å². The van der Waals surface area contributed by atoms with E-state index in [4.69, 9.17) is 9.97 Å². The molecule has 0 bridgehead atoms. The van der Waals surface area contributed by atoms with E-state index in [1.165, 1.54) is 0 Å². The van der Waals surface area contributed by atoms with Gasteiger partial charge in [0, 0.05) is 17.7 Å². The highest BCUT2D eigenvalue weighted by Crippen LogP contribution is 2.40. The number of para-hydroxylation sites is 2. The molecular weight excluding hydrogens is 420 g/mol. The summed E-state index contributed by atoms with van der Waals surface area (Å²) in [5, 5.41) is 8.58. The van der Waals surface area contributed by atoms with E-state index >= 15 is 0 Å². The van der Waals surface area contributed by atoms with E-state index in [2.05, 4.69) is 35.5 Å². The maximum atomic E-state index is 13.6. The van der Waals surface area contributed by atoms with Gasteiger partial charge in [-0.3, -0.25) is 4.79 Å². The normalized spacial score (nSPS) is 15.0. The lowest BCUT2D eigenvalue weighted by Crippen LogP contribution is -2.30. The second kappa shape index (κ2) is 8.58. The molecule has 1 amide bonds. The Morgan fingerprint density at radius 2 is 2.09 bits per heavy atom. The Bertz CT molecular complexity index is 1240. The molecule has 3 heterocycles. The Morgan fingerprint density at radius 1 is 1.28 bits per heavy atom. The van der Waals surface area contributed by atoms with Crippen LogP contribution in [0.1, 0.15) is 73.0 Å². The number of aromatic amines is 1. The molecule has 32 heavy (non-hydrogen) atoms. The van der Waals surface area contributed by atoms with E-state index in [9.17, 15) is 4.79 Å². The van der Waals surface area contributed by atoms with Gasteiger partial charge >= 0.3 is 0 Å². The molecule has 1 atom stereocenters. The summed E-state index contributed by atoms with van der Waals surface area (Å²) in [6.45, 7) is 4.16. The second-order valence-electron chi connectivity index (χ2n) is 8.74. The van der Waals surface area contributed by atoms with Gasteiger partial charge in [0.1, 0.15) is 5.82 Å². The van der Waals surface area contributed by atoms with Crippen LogP contribution in [0.15, 0.2) is 36.5 Å². The third kappa shape index (κ3) is 3.99. The van der Waals surface area contributed by atoms with Crippen LogP contribution in [0.5, 0.6) is 0 Å². The highest BCUT2D eigenvalue weighted by Gasteiger charge is 2.29. The fraction of sp³-hybridized carbons (Fsp3) is 0.417. The summed E-state index contributed by atoms with van der Waals surface area (Å²) in [4.78, 5) is 26.6. The lowest BCUT2D eigenvalue weighted by molar-refractivity contribution is 0.0935. The van der Waals surface area contributed by atoms with Crippen molar-refractivity contribution in [2.45, 2.75) is 51.1 Å². The van der Waals surface area contributed by atoms with E-state index in [-0.39, 0.29) is 18.0 Å². The summed E-state index contributed by atoms with van der Waals surface area (Å²) in [5.41, 5.74) is 4.32. The standard InChI is InChI=1S/C24H28N6OS/c1-14(2)30-23-17(13-25-30)16(12-21(28-23)15-8-9-15)24(31)29-20(10-11-32-3)22-26-18-6-4-5-7-19(18)27-22/h4-7,12-15,20H,8-11H2,1-3H3,(H,26,27)(H,29,31)/t20-/m1/s1. The van der Waals surface area contributed by atoms with Gasteiger partial charge in [-0.25, -0.2) is 14.6 Å². The number of thioether (sulfide) groups is 1. The van der Waals surface area contributed by atoms with Gasteiger partial charge in [-0.05, 0) is 63.3 Å². The number of amides is 1. The number of aromatic nitrogens is 5. The molecule has 0 spiro atoms. The highest BCUT2D eigenvalue weighted by molar-refractivity contribution is 7.98. The zero-order valence-corrected chi connectivity index (χ0v) is 19.4. The lowest BCUT2D eigenvalue weighted by atomic mass is 10.1. The molecule has 2 N–H and O–H groups in total. The van der Waals surface area contributed by atoms with Gasteiger partial charge in [-0.15, -0.1) is 0 Å². The molecule has 0 unspecified atom stereocenters. The number of benzene rings is 1. The largest absolute Gasteiger partial charge is 0.342 e. The summed E-state index contributed by atoms with van der Waals surface area (Å²) >= 11 is 1.76. The molecule has 7 nitrogen and oxygen atoms in total. The van der Waals surface area contributed by atoms with Gasteiger partial charge in [-0.1, -0.05) is 12.1 Å². The smallest absolute Gasteiger partial charge is 0.252 e. The molecule has 0 saturated heterocycles. The number of hydrogen-bond acceptors (Lipinski definition) is 5. The molecule has 0 radical (unpaired) electrons. The maximum absolute atomic E-state index is 13.6. The Hall–Kier alpha value is -2.87. The monoisotopic (exact) mass is 448 g/mol. The number of fused-ring (bicyclic) bond motifs is 2. The summed E-state index contributed by atoms with van der Waals surface area (Å²) in [6, 6.07) is 9.89. The number of rotatable bonds is 8. The molecule has 1 aliphatic carbocycles. The van der Waals surface area contributed by atoms with Crippen molar-refractivity contribution >= 4 is 39.7 Å². The molecule has 8 heteroatoms. The van der Waals surface area contributed by atoms with Crippen molar-refractivity contribution in [3.8, 4) is 0 Å². The Labute approximate surface area is 191 Å². The molecule has 1 fully saturated rings. The van der Waals surface area contributed by atoms with Crippen LogP contribution in [0.2, 0.25) is 0 Å². The predicted octanol–water partition coefficient (Wildman–Crippen LogP) is 4.99. The first-order valence-electron chi connectivity index (χ1n) is 11.2. The van der Waals surface area contributed by atoms with E-state index < -0.39 is 0 Å². The number of carbonyl (C=O) groups is 1. The van der Waals surface area contributed by atoms with Crippen LogP contribution >= 0.6 is 11.8 Å². The van der Waals surface area contributed by atoms with Gasteiger partial charge in [-0.2, -0.15) is 16.9 Å². The summed E-state index contributed by atoms with van der Waals surface area (Å²) < 4.78 is 1.91. The predicted molar refractivity (Wildman–Crippen MR) is 129 cm³/mol. The van der Waals surface area contributed by atoms with Crippen LogP contribution in [-0.2, 0) is 0 Å². The first kappa shape index (κ1) is 21.0. The highest BCUT2D eigenvalue weighted by atomic mass is 32.2. The molecule has 4 aromatic rings. The second-order valence-corrected chi connectivity index (χ2v) is 9.72. The number of imidazole rings is 1. The number of pyridine rings is 1. The van der Waals surface area contributed by atoms with Crippen molar-refractivity contribution in [3.05, 3.63) is 53.6 Å². The van der Waals surface area contributed by atoms with Crippen LogP contribution in [0.4, 0.5) is 0 Å². The quantitative estimate of drug-likeness (QED) is 0.396. The molecule has 3 aromatic heterocycles. The minimum absolute atomic E-state index is 0.103. The average Bonchev–Trinajstić information content (AvgIpc) is 3.40. The van der Waals surface area contributed by atoms with Crippen LogP contribution in [0, 0.1) is 0 Å². The molecule has 1 aromatic carbocycles. The SMILES string of the molecule is CSCC[C@@H](NC(=O)c1cc(C2CC2)nc2c1cnn2C(C)C)c1nc2ccccc2[nH]1. The molecule has 5 rings (SSSR count).